The second-order valence-electron chi connectivity index (χ2n) is 6.78. The lowest BCUT2D eigenvalue weighted by molar-refractivity contribution is 0.0500. The van der Waals surface area contributed by atoms with E-state index in [1.165, 1.54) is 6.26 Å². The van der Waals surface area contributed by atoms with Gasteiger partial charge in [-0.05, 0) is 55.3 Å². The van der Waals surface area contributed by atoms with Crippen molar-refractivity contribution < 1.29 is 18.7 Å². The number of benzene rings is 2. The van der Waals surface area contributed by atoms with Crippen LogP contribution >= 0.6 is 11.3 Å². The highest BCUT2D eigenvalue weighted by atomic mass is 32.1. The number of thiazole rings is 1. The van der Waals surface area contributed by atoms with Crippen LogP contribution in [0.1, 0.15) is 37.9 Å². The van der Waals surface area contributed by atoms with Gasteiger partial charge in [-0.1, -0.05) is 18.2 Å². The number of ether oxygens (including phenoxy) is 1. The number of carbonyl (C=O) groups is 2. The number of aromatic nitrogens is 1. The summed E-state index contributed by atoms with van der Waals surface area (Å²) in [7, 11) is 0. The van der Waals surface area contributed by atoms with E-state index >= 15 is 0 Å². The fraction of sp³-hybridized carbons (Fsp3) is 0.174. The molecule has 0 spiro atoms. The molecule has 0 atom stereocenters. The van der Waals surface area contributed by atoms with Crippen molar-refractivity contribution in [1.29, 1.82) is 0 Å². The summed E-state index contributed by atoms with van der Waals surface area (Å²) in [6, 6.07) is 16.3. The van der Waals surface area contributed by atoms with Gasteiger partial charge in [-0.2, -0.15) is 0 Å². The Morgan fingerprint density at radius 2 is 2.00 bits per heavy atom. The van der Waals surface area contributed by atoms with E-state index in [-0.39, 0.29) is 11.7 Å². The lowest BCUT2D eigenvalue weighted by atomic mass is 10.1. The Balaban J connectivity index is 1.32. The zero-order chi connectivity index (χ0) is 20.9. The van der Waals surface area contributed by atoms with Crippen LogP contribution in [0.5, 0.6) is 0 Å². The molecule has 6 nitrogen and oxygen atoms in total. The van der Waals surface area contributed by atoms with Crippen molar-refractivity contribution in [3.05, 3.63) is 82.8 Å². The molecule has 2 heterocycles. The number of carbonyl (C=O) groups excluding carboxylic acids is 2. The summed E-state index contributed by atoms with van der Waals surface area (Å²) in [4.78, 5) is 29.2. The van der Waals surface area contributed by atoms with Gasteiger partial charge in [-0.15, -0.1) is 11.3 Å². The maximum atomic E-state index is 12.4. The van der Waals surface area contributed by atoms with Gasteiger partial charge in [0.2, 0.25) is 0 Å². The standard InChI is InChI=1S/C23H20N2O4S/c1-15-10-11-16(14-18(15)25-22(26)19-7-4-12-28-19)23(27)29-13-5-9-21-24-17-6-2-3-8-20(17)30-21/h2-4,6-8,10-12,14H,5,9,13H2,1H3,(H,25,26). The SMILES string of the molecule is Cc1ccc(C(=O)OCCCc2nc3ccccc3s2)cc1NC(=O)c1ccco1. The molecule has 30 heavy (non-hydrogen) atoms. The minimum atomic E-state index is -0.423. The number of hydrogen-bond acceptors (Lipinski definition) is 6. The molecule has 4 aromatic rings. The third-order valence-electron chi connectivity index (χ3n) is 4.57. The van der Waals surface area contributed by atoms with Gasteiger partial charge in [0.05, 0.1) is 33.7 Å². The monoisotopic (exact) mass is 420 g/mol. The predicted molar refractivity (Wildman–Crippen MR) is 116 cm³/mol. The highest BCUT2D eigenvalue weighted by molar-refractivity contribution is 7.18. The molecule has 0 fully saturated rings. The summed E-state index contributed by atoms with van der Waals surface area (Å²) in [5.41, 5.74) is 2.76. The normalized spacial score (nSPS) is 10.8. The number of nitrogens with one attached hydrogen (secondary N) is 1. The van der Waals surface area contributed by atoms with Crippen LogP contribution in [-0.2, 0) is 11.2 Å². The van der Waals surface area contributed by atoms with Crippen LogP contribution in [0.25, 0.3) is 10.2 Å². The molecule has 7 heteroatoms. The van der Waals surface area contributed by atoms with Crippen LogP contribution in [0, 0.1) is 6.92 Å². The lowest BCUT2D eigenvalue weighted by Crippen LogP contribution is -2.13. The number of anilines is 1. The number of aryl methyl sites for hydroxylation is 2. The van der Waals surface area contributed by atoms with Crippen molar-refractivity contribution in [2.24, 2.45) is 0 Å². The number of esters is 1. The van der Waals surface area contributed by atoms with E-state index in [4.69, 9.17) is 9.15 Å². The maximum absolute atomic E-state index is 12.4. The summed E-state index contributed by atoms with van der Waals surface area (Å²) < 4.78 is 11.7. The van der Waals surface area contributed by atoms with E-state index in [9.17, 15) is 9.59 Å². The van der Waals surface area contributed by atoms with Crippen LogP contribution in [0.3, 0.4) is 0 Å². The Morgan fingerprint density at radius 1 is 1.13 bits per heavy atom. The number of nitrogens with zero attached hydrogens (tertiary/aromatic N) is 1. The van der Waals surface area contributed by atoms with Crippen LogP contribution in [0.2, 0.25) is 0 Å². The average Bonchev–Trinajstić information content (AvgIpc) is 3.42. The second-order valence-corrected chi connectivity index (χ2v) is 7.89. The third-order valence-corrected chi connectivity index (χ3v) is 5.67. The second kappa shape index (κ2) is 8.92. The van der Waals surface area contributed by atoms with E-state index in [1.807, 2.05) is 25.1 Å². The predicted octanol–water partition coefficient (Wildman–Crippen LogP) is 5.24. The Bertz CT molecular complexity index is 1150. The number of hydrogen-bond donors (Lipinski definition) is 1. The molecule has 1 N–H and O–H groups in total. The zero-order valence-corrected chi connectivity index (χ0v) is 17.2. The number of fused-ring (bicyclic) bond motifs is 1. The number of para-hydroxylation sites is 1. The molecule has 0 unspecified atom stereocenters. The molecule has 0 bridgehead atoms. The molecule has 4 rings (SSSR count). The van der Waals surface area contributed by atoms with Gasteiger partial charge in [0, 0.05) is 12.1 Å². The van der Waals surface area contributed by atoms with Crippen molar-refractivity contribution in [3.8, 4) is 0 Å². The number of rotatable bonds is 7. The summed E-state index contributed by atoms with van der Waals surface area (Å²) in [6.45, 7) is 2.15. The molecule has 0 aliphatic rings. The quantitative estimate of drug-likeness (QED) is 0.327. The Labute approximate surface area is 177 Å². The van der Waals surface area contributed by atoms with E-state index in [0.29, 0.717) is 24.3 Å². The molecule has 0 aliphatic heterocycles. The van der Waals surface area contributed by atoms with E-state index in [0.717, 1.165) is 27.2 Å². The van der Waals surface area contributed by atoms with E-state index in [2.05, 4.69) is 16.4 Å². The summed E-state index contributed by atoms with van der Waals surface area (Å²) in [6.07, 6.45) is 2.88. The number of amides is 1. The van der Waals surface area contributed by atoms with Gasteiger partial charge in [0.15, 0.2) is 5.76 Å². The Hall–Kier alpha value is -3.45. The highest BCUT2D eigenvalue weighted by Gasteiger charge is 2.14. The third kappa shape index (κ3) is 4.58. The fourth-order valence-corrected chi connectivity index (χ4v) is 3.98. The molecule has 0 saturated heterocycles. The minimum absolute atomic E-state index is 0.206. The molecule has 0 saturated carbocycles. The Kier molecular flexibility index (Phi) is 5.90. The largest absolute Gasteiger partial charge is 0.462 e. The molecular formula is C23H20N2O4S. The van der Waals surface area contributed by atoms with Crippen LogP contribution in [0.4, 0.5) is 5.69 Å². The first-order valence-electron chi connectivity index (χ1n) is 9.57. The van der Waals surface area contributed by atoms with Crippen molar-refractivity contribution in [1.82, 2.24) is 4.98 Å². The van der Waals surface area contributed by atoms with Gasteiger partial charge in [-0.25, -0.2) is 9.78 Å². The van der Waals surface area contributed by atoms with Crippen molar-refractivity contribution in [2.75, 3.05) is 11.9 Å². The van der Waals surface area contributed by atoms with Gasteiger partial charge < -0.3 is 14.5 Å². The van der Waals surface area contributed by atoms with Crippen LogP contribution in [-0.4, -0.2) is 23.5 Å². The minimum Gasteiger partial charge on any atom is -0.462 e. The topological polar surface area (TPSA) is 81.4 Å². The van der Waals surface area contributed by atoms with Crippen LogP contribution in [0.15, 0.2) is 65.3 Å². The summed E-state index contributed by atoms with van der Waals surface area (Å²) >= 11 is 1.66. The molecule has 0 aliphatic carbocycles. The van der Waals surface area contributed by atoms with Gasteiger partial charge in [0.25, 0.3) is 5.91 Å². The van der Waals surface area contributed by atoms with Crippen LogP contribution < -0.4 is 5.32 Å². The summed E-state index contributed by atoms with van der Waals surface area (Å²) in [5.74, 6) is -0.588. The Morgan fingerprint density at radius 3 is 2.80 bits per heavy atom. The smallest absolute Gasteiger partial charge is 0.338 e. The number of furan rings is 1. The van der Waals surface area contributed by atoms with Crippen molar-refractivity contribution in [2.45, 2.75) is 19.8 Å². The van der Waals surface area contributed by atoms with Gasteiger partial charge in [0.1, 0.15) is 0 Å². The fourth-order valence-electron chi connectivity index (χ4n) is 2.97. The highest BCUT2D eigenvalue weighted by Crippen LogP contribution is 2.23. The summed E-state index contributed by atoms with van der Waals surface area (Å²) in [5, 5.41) is 3.79. The van der Waals surface area contributed by atoms with Crippen molar-refractivity contribution >= 4 is 39.1 Å². The first-order chi connectivity index (χ1) is 14.6. The lowest BCUT2D eigenvalue weighted by Gasteiger charge is -2.10. The maximum Gasteiger partial charge on any atom is 0.338 e. The first-order valence-corrected chi connectivity index (χ1v) is 10.4. The average molecular weight is 420 g/mol. The first kappa shape index (κ1) is 19.8. The molecule has 1 amide bonds. The van der Waals surface area contributed by atoms with Gasteiger partial charge in [-0.3, -0.25) is 4.79 Å². The molecule has 152 valence electrons. The van der Waals surface area contributed by atoms with Crippen molar-refractivity contribution in [3.63, 3.8) is 0 Å². The molecule has 0 radical (unpaired) electrons. The van der Waals surface area contributed by atoms with E-state index < -0.39 is 5.97 Å². The molecule has 2 aromatic heterocycles. The van der Waals surface area contributed by atoms with Gasteiger partial charge >= 0.3 is 5.97 Å². The van der Waals surface area contributed by atoms with E-state index in [1.54, 1.807) is 41.7 Å². The molecular weight excluding hydrogens is 400 g/mol. The zero-order valence-electron chi connectivity index (χ0n) is 16.4. The molecule has 2 aromatic carbocycles.